The highest BCUT2D eigenvalue weighted by Gasteiger charge is 2.39. The Hall–Kier alpha value is -1.38. The number of carboxylic acids is 1. The molecule has 2 heterocycles. The van der Waals surface area contributed by atoms with Crippen LogP contribution < -0.4 is 4.74 Å². The zero-order valence-corrected chi connectivity index (χ0v) is 16.3. The molecule has 2 atom stereocenters. The minimum Gasteiger partial charge on any atom is -0.484 e. The van der Waals surface area contributed by atoms with Crippen molar-refractivity contribution in [1.82, 2.24) is 4.90 Å². The number of nitrogens with zero attached hydrogens (tertiary/aromatic N) is 1. The van der Waals surface area contributed by atoms with Crippen LogP contribution in [-0.2, 0) is 14.3 Å². The highest BCUT2D eigenvalue weighted by Crippen LogP contribution is 2.43. The zero-order valence-electron chi connectivity index (χ0n) is 14.6. The number of carbonyl (C=O) groups excluding carboxylic acids is 1. The molecule has 1 aromatic carbocycles. The maximum atomic E-state index is 12.4. The summed E-state index contributed by atoms with van der Waals surface area (Å²) in [7, 11) is 1.53. The summed E-state index contributed by atoms with van der Waals surface area (Å²) in [5.41, 5.74) is 1.26. The molecule has 1 N–H and O–H groups in total. The highest BCUT2D eigenvalue weighted by molar-refractivity contribution is 8.16. The molecule has 0 saturated carbocycles. The van der Waals surface area contributed by atoms with Crippen molar-refractivity contribution in [2.45, 2.75) is 29.6 Å². The largest absolute Gasteiger partial charge is 0.484 e. The fourth-order valence-corrected chi connectivity index (χ4v) is 6.00. The van der Waals surface area contributed by atoms with Crippen LogP contribution in [0.1, 0.15) is 23.0 Å². The normalized spacial score (nSPS) is 23.8. The predicted octanol–water partition coefficient (Wildman–Crippen LogP) is 2.63. The van der Waals surface area contributed by atoms with Crippen LogP contribution in [0.3, 0.4) is 0 Å². The zero-order chi connectivity index (χ0) is 18.5. The third-order valence-electron chi connectivity index (χ3n) is 4.54. The average molecular weight is 398 g/mol. The van der Waals surface area contributed by atoms with E-state index in [0.29, 0.717) is 16.8 Å². The molecule has 142 valence electrons. The molecule has 1 aromatic rings. The van der Waals surface area contributed by atoms with Crippen LogP contribution in [0.4, 0.5) is 0 Å². The van der Waals surface area contributed by atoms with Crippen LogP contribution in [0.25, 0.3) is 0 Å². The number of carboxylic acid groups (broad SMARTS) is 1. The van der Waals surface area contributed by atoms with Gasteiger partial charge >= 0.3 is 5.97 Å². The number of carbonyl (C=O) groups is 2. The van der Waals surface area contributed by atoms with Crippen molar-refractivity contribution >= 4 is 35.4 Å². The standard InChI is InChI=1S/C18H23NO5S2/c1-23-14-9-15(17(21)22)19(10-14)16(20)11-24-13-5-3-12(4-6-13)18-25-7-2-8-26-18/h3-6,14-15,18H,2,7-11H2,1H3,(H,21,22). The lowest BCUT2D eigenvalue weighted by atomic mass is 10.2. The molecule has 6 nitrogen and oxygen atoms in total. The minimum absolute atomic E-state index is 0.174. The molecule has 0 aromatic heterocycles. The number of thioether (sulfide) groups is 2. The van der Waals surface area contributed by atoms with Gasteiger partial charge in [0, 0.05) is 20.1 Å². The summed E-state index contributed by atoms with van der Waals surface area (Å²) in [5, 5.41) is 9.29. The molecule has 2 aliphatic rings. The second kappa shape index (κ2) is 9.01. The maximum Gasteiger partial charge on any atom is 0.326 e. The summed E-state index contributed by atoms with van der Waals surface area (Å²) >= 11 is 3.91. The summed E-state index contributed by atoms with van der Waals surface area (Å²) in [5.74, 6) is 1.65. The van der Waals surface area contributed by atoms with Gasteiger partial charge in [-0.3, -0.25) is 4.79 Å². The number of rotatable bonds is 6. The van der Waals surface area contributed by atoms with Gasteiger partial charge < -0.3 is 19.5 Å². The summed E-state index contributed by atoms with van der Waals surface area (Å²) in [6.45, 7) is 0.108. The number of aliphatic carboxylic acids is 1. The number of methoxy groups -OCH3 is 1. The van der Waals surface area contributed by atoms with E-state index < -0.39 is 12.0 Å². The van der Waals surface area contributed by atoms with Crippen molar-refractivity contribution in [2.75, 3.05) is 31.8 Å². The molecule has 2 unspecified atom stereocenters. The molecule has 2 saturated heterocycles. The molecular weight excluding hydrogens is 374 g/mol. The van der Waals surface area contributed by atoms with Crippen molar-refractivity contribution in [3.05, 3.63) is 29.8 Å². The lowest BCUT2D eigenvalue weighted by Crippen LogP contribution is -2.43. The lowest BCUT2D eigenvalue weighted by Gasteiger charge is -2.22. The number of ether oxygens (including phenoxy) is 2. The van der Waals surface area contributed by atoms with Gasteiger partial charge in [0.25, 0.3) is 5.91 Å². The third-order valence-corrected chi connectivity index (χ3v) is 7.56. The molecule has 2 fully saturated rings. The first kappa shape index (κ1) is 19.4. The Morgan fingerprint density at radius 1 is 1.23 bits per heavy atom. The first-order valence-corrected chi connectivity index (χ1v) is 10.7. The highest BCUT2D eigenvalue weighted by atomic mass is 32.2. The van der Waals surface area contributed by atoms with E-state index in [1.165, 1.54) is 35.5 Å². The molecule has 0 spiro atoms. The van der Waals surface area contributed by atoms with E-state index in [9.17, 15) is 14.7 Å². The van der Waals surface area contributed by atoms with E-state index in [0.717, 1.165) is 0 Å². The molecule has 0 radical (unpaired) electrons. The van der Waals surface area contributed by atoms with Gasteiger partial charge in [-0.15, -0.1) is 23.5 Å². The molecule has 1 amide bonds. The van der Waals surface area contributed by atoms with Gasteiger partial charge in [-0.1, -0.05) is 12.1 Å². The fraction of sp³-hybridized carbons (Fsp3) is 0.556. The van der Waals surface area contributed by atoms with Crippen molar-refractivity contribution in [3.8, 4) is 5.75 Å². The van der Waals surface area contributed by atoms with E-state index in [-0.39, 0.29) is 25.2 Å². The quantitative estimate of drug-likeness (QED) is 0.791. The SMILES string of the molecule is COC1CC(C(=O)O)N(C(=O)COc2ccc(C3SCCCS3)cc2)C1. The van der Waals surface area contributed by atoms with Crippen LogP contribution in [-0.4, -0.2) is 65.8 Å². The molecule has 0 bridgehead atoms. The monoisotopic (exact) mass is 397 g/mol. The average Bonchev–Trinajstić information content (AvgIpc) is 3.12. The Morgan fingerprint density at radius 3 is 2.54 bits per heavy atom. The second-order valence-electron chi connectivity index (χ2n) is 6.28. The van der Waals surface area contributed by atoms with Crippen molar-refractivity contribution in [3.63, 3.8) is 0 Å². The number of benzene rings is 1. The molecule has 3 rings (SSSR count). The van der Waals surface area contributed by atoms with E-state index in [4.69, 9.17) is 9.47 Å². The molecule has 2 aliphatic heterocycles. The Morgan fingerprint density at radius 2 is 1.92 bits per heavy atom. The Balaban J connectivity index is 1.54. The van der Waals surface area contributed by atoms with Gasteiger partial charge in [0.1, 0.15) is 11.8 Å². The van der Waals surface area contributed by atoms with Gasteiger partial charge in [-0.25, -0.2) is 4.79 Å². The summed E-state index contributed by atoms with van der Waals surface area (Å²) in [6, 6.07) is 6.96. The van der Waals surface area contributed by atoms with Gasteiger partial charge in [0.2, 0.25) is 0 Å². The molecule has 8 heteroatoms. The summed E-state index contributed by atoms with van der Waals surface area (Å²) < 4.78 is 11.2. The van der Waals surface area contributed by atoms with E-state index in [2.05, 4.69) is 0 Å². The van der Waals surface area contributed by atoms with Crippen molar-refractivity contribution in [1.29, 1.82) is 0 Å². The van der Waals surface area contributed by atoms with Crippen LogP contribution in [0.15, 0.2) is 24.3 Å². The Bertz CT molecular complexity index is 633. The Labute approximate surface area is 161 Å². The van der Waals surface area contributed by atoms with E-state index in [1.54, 1.807) is 0 Å². The van der Waals surface area contributed by atoms with Crippen molar-refractivity contribution in [2.24, 2.45) is 0 Å². The van der Waals surface area contributed by atoms with Gasteiger partial charge in [-0.2, -0.15) is 0 Å². The van der Waals surface area contributed by atoms with Crippen molar-refractivity contribution < 1.29 is 24.2 Å². The van der Waals surface area contributed by atoms with Crippen LogP contribution in [0.2, 0.25) is 0 Å². The number of hydrogen-bond acceptors (Lipinski definition) is 6. The predicted molar refractivity (Wildman–Crippen MR) is 103 cm³/mol. The fourth-order valence-electron chi connectivity index (χ4n) is 3.11. The third kappa shape index (κ3) is 4.66. The van der Waals surface area contributed by atoms with Gasteiger partial charge in [-0.05, 0) is 35.6 Å². The first-order valence-electron chi connectivity index (χ1n) is 8.59. The van der Waals surface area contributed by atoms with Gasteiger partial charge in [0.05, 0.1) is 10.7 Å². The number of amides is 1. The van der Waals surface area contributed by atoms with Gasteiger partial charge in [0.15, 0.2) is 6.61 Å². The molecule has 26 heavy (non-hydrogen) atoms. The van der Waals surface area contributed by atoms with Crippen LogP contribution in [0, 0.1) is 0 Å². The van der Waals surface area contributed by atoms with E-state index in [1.807, 2.05) is 47.8 Å². The maximum absolute atomic E-state index is 12.4. The minimum atomic E-state index is -1.01. The number of hydrogen-bond donors (Lipinski definition) is 1. The summed E-state index contributed by atoms with van der Waals surface area (Å²) in [4.78, 5) is 25.1. The summed E-state index contributed by atoms with van der Waals surface area (Å²) in [6.07, 6.45) is 1.32. The lowest BCUT2D eigenvalue weighted by molar-refractivity contribution is -0.148. The first-order chi connectivity index (χ1) is 12.6. The second-order valence-corrected chi connectivity index (χ2v) is 9.00. The Kier molecular flexibility index (Phi) is 6.72. The van der Waals surface area contributed by atoms with E-state index >= 15 is 0 Å². The van der Waals surface area contributed by atoms with Crippen LogP contribution in [0.5, 0.6) is 5.75 Å². The molecular formula is C18H23NO5S2. The van der Waals surface area contributed by atoms with Crippen LogP contribution >= 0.6 is 23.5 Å². The smallest absolute Gasteiger partial charge is 0.326 e. The number of likely N-dealkylation sites (tertiary alicyclic amines) is 1. The topological polar surface area (TPSA) is 76.1 Å². The molecule has 0 aliphatic carbocycles.